The largest absolute Gasteiger partial charge is 0.383 e. The van der Waals surface area contributed by atoms with Gasteiger partial charge in [0.25, 0.3) is 5.56 Å². The van der Waals surface area contributed by atoms with E-state index in [2.05, 4.69) is 12.2 Å². The van der Waals surface area contributed by atoms with Crippen molar-refractivity contribution >= 4 is 17.4 Å². The number of hydrogen-bond donors (Lipinski definition) is 2. The van der Waals surface area contributed by atoms with Crippen molar-refractivity contribution in [2.75, 3.05) is 36.9 Å². The number of rotatable bonds is 7. The topological polar surface area (TPSA) is 112 Å². The van der Waals surface area contributed by atoms with Crippen LogP contribution in [0.1, 0.15) is 52.4 Å². The fourth-order valence-corrected chi connectivity index (χ4v) is 4.38. The molecule has 1 aromatic heterocycles. The molecular weight excluding hydrogens is 386 g/mol. The van der Waals surface area contributed by atoms with Gasteiger partial charge in [0.05, 0.1) is 13.2 Å². The van der Waals surface area contributed by atoms with E-state index in [-0.39, 0.29) is 24.3 Å². The molecule has 1 saturated carbocycles. The number of nitrogen functional groups attached to an aromatic ring is 1. The molecule has 1 saturated heterocycles. The second-order valence-corrected chi connectivity index (χ2v) is 8.45. The lowest BCUT2D eigenvalue weighted by atomic mass is 9.86. The summed E-state index contributed by atoms with van der Waals surface area (Å²) in [5.74, 6) is 0.279. The van der Waals surface area contributed by atoms with E-state index in [9.17, 15) is 14.4 Å². The second kappa shape index (κ2) is 10.1. The van der Waals surface area contributed by atoms with Gasteiger partial charge in [-0.1, -0.05) is 33.1 Å². The fraction of sp³-hybridized carbons (Fsp3) is 0.762. The monoisotopic (exact) mass is 421 g/mol. The zero-order valence-electron chi connectivity index (χ0n) is 18.2. The molecule has 0 spiro atoms. The maximum atomic E-state index is 13.2. The number of nitrogens with one attached hydrogen (secondary N) is 1. The van der Waals surface area contributed by atoms with Gasteiger partial charge in [-0.25, -0.2) is 9.36 Å². The van der Waals surface area contributed by atoms with Crippen molar-refractivity contribution in [3.8, 4) is 0 Å². The lowest BCUT2D eigenvalue weighted by Gasteiger charge is -2.31. The van der Waals surface area contributed by atoms with Crippen LogP contribution in [0.4, 0.5) is 11.5 Å². The Balaban J connectivity index is 1.92. The molecule has 0 unspecified atom stereocenters. The minimum atomic E-state index is -0.519. The van der Waals surface area contributed by atoms with E-state index in [1.54, 1.807) is 0 Å². The van der Waals surface area contributed by atoms with Crippen molar-refractivity contribution < 1.29 is 9.53 Å². The van der Waals surface area contributed by atoms with Gasteiger partial charge in [0, 0.05) is 25.7 Å². The number of anilines is 2. The van der Waals surface area contributed by atoms with Gasteiger partial charge in [0.1, 0.15) is 18.1 Å². The Kier molecular flexibility index (Phi) is 7.58. The minimum absolute atomic E-state index is 0.0942. The predicted octanol–water partition coefficient (Wildman–Crippen LogP) is 0.924. The third-order valence-electron chi connectivity index (χ3n) is 6.27. The van der Waals surface area contributed by atoms with Gasteiger partial charge in [0.15, 0.2) is 0 Å². The summed E-state index contributed by atoms with van der Waals surface area (Å²) in [4.78, 5) is 40.9. The Morgan fingerprint density at radius 1 is 1.17 bits per heavy atom. The maximum absolute atomic E-state index is 13.2. The van der Waals surface area contributed by atoms with E-state index in [1.807, 2.05) is 11.8 Å². The molecule has 1 amide bonds. The van der Waals surface area contributed by atoms with Crippen LogP contribution in [0.25, 0.3) is 0 Å². The van der Waals surface area contributed by atoms with Gasteiger partial charge >= 0.3 is 5.69 Å². The number of carbonyl (C=O) groups is 1. The number of hydrogen-bond acceptors (Lipinski definition) is 6. The molecule has 0 bridgehead atoms. The van der Waals surface area contributed by atoms with Crippen LogP contribution in [0.15, 0.2) is 9.59 Å². The normalized spacial score (nSPS) is 22.1. The van der Waals surface area contributed by atoms with Gasteiger partial charge in [-0.15, -0.1) is 0 Å². The smallest absolute Gasteiger partial charge is 0.333 e. The zero-order valence-corrected chi connectivity index (χ0v) is 18.2. The molecule has 0 aromatic carbocycles. The van der Waals surface area contributed by atoms with Crippen molar-refractivity contribution in [1.82, 2.24) is 14.5 Å². The first-order valence-electron chi connectivity index (χ1n) is 11.2. The highest BCUT2D eigenvalue weighted by atomic mass is 16.5. The van der Waals surface area contributed by atoms with Crippen molar-refractivity contribution in [3.63, 3.8) is 0 Å². The maximum Gasteiger partial charge on any atom is 0.333 e. The van der Waals surface area contributed by atoms with Crippen LogP contribution in [0.3, 0.4) is 0 Å². The number of amides is 1. The van der Waals surface area contributed by atoms with Crippen molar-refractivity contribution in [1.29, 1.82) is 0 Å². The van der Waals surface area contributed by atoms with E-state index < -0.39 is 11.2 Å². The number of unbranched alkanes of at least 4 members (excludes halogenated alkanes) is 1. The predicted molar refractivity (Wildman–Crippen MR) is 117 cm³/mol. The van der Waals surface area contributed by atoms with Gasteiger partial charge in [-0.3, -0.25) is 14.2 Å². The second-order valence-electron chi connectivity index (χ2n) is 8.45. The quantitative estimate of drug-likeness (QED) is 0.677. The fourth-order valence-electron chi connectivity index (χ4n) is 4.38. The van der Waals surface area contributed by atoms with E-state index in [0.717, 1.165) is 36.7 Å². The molecule has 2 fully saturated rings. The third-order valence-corrected chi connectivity index (χ3v) is 6.27. The Hall–Kier alpha value is -2.29. The molecule has 1 aliphatic heterocycles. The minimum Gasteiger partial charge on any atom is -0.383 e. The number of ether oxygens (including phenoxy) is 1. The van der Waals surface area contributed by atoms with Crippen molar-refractivity contribution in [3.05, 3.63) is 20.8 Å². The first-order valence-corrected chi connectivity index (χ1v) is 11.2. The summed E-state index contributed by atoms with van der Waals surface area (Å²) in [6.45, 7) is 6.33. The van der Waals surface area contributed by atoms with Crippen molar-refractivity contribution in [2.45, 2.75) is 71.5 Å². The molecule has 9 heteroatoms. The molecular formula is C21H35N5O4. The number of nitrogens with zero attached hydrogens (tertiary/aromatic N) is 3. The molecule has 168 valence electrons. The Morgan fingerprint density at radius 2 is 1.87 bits per heavy atom. The molecule has 2 atom stereocenters. The molecule has 0 radical (unpaired) electrons. The summed E-state index contributed by atoms with van der Waals surface area (Å²) >= 11 is 0. The summed E-state index contributed by atoms with van der Waals surface area (Å²) in [6.07, 6.45) is 5.92. The summed E-state index contributed by atoms with van der Waals surface area (Å²) in [5, 5.41) is 3.04. The van der Waals surface area contributed by atoms with Gasteiger partial charge in [0.2, 0.25) is 5.91 Å². The summed E-state index contributed by atoms with van der Waals surface area (Å²) in [5.41, 5.74) is 5.57. The Morgan fingerprint density at radius 3 is 2.53 bits per heavy atom. The highest BCUT2D eigenvalue weighted by Crippen LogP contribution is 2.23. The Labute approximate surface area is 177 Å². The third kappa shape index (κ3) is 4.88. The first-order chi connectivity index (χ1) is 14.4. The molecule has 1 aliphatic carbocycles. The lowest BCUT2D eigenvalue weighted by Crippen LogP contribution is -2.50. The van der Waals surface area contributed by atoms with E-state index in [1.165, 1.54) is 11.0 Å². The number of aromatic nitrogens is 2. The highest BCUT2D eigenvalue weighted by molar-refractivity contribution is 5.76. The summed E-state index contributed by atoms with van der Waals surface area (Å²) < 4.78 is 7.86. The summed E-state index contributed by atoms with van der Waals surface area (Å²) in [7, 11) is 0. The zero-order chi connectivity index (χ0) is 21.7. The van der Waals surface area contributed by atoms with Crippen molar-refractivity contribution in [2.24, 2.45) is 5.92 Å². The average molecular weight is 422 g/mol. The molecule has 2 heterocycles. The van der Waals surface area contributed by atoms with E-state index in [4.69, 9.17) is 10.5 Å². The molecule has 3 rings (SSSR count). The van der Waals surface area contributed by atoms with Crippen LogP contribution in [0, 0.1) is 5.92 Å². The van der Waals surface area contributed by atoms with Crippen LogP contribution in [0.2, 0.25) is 0 Å². The van der Waals surface area contributed by atoms with Crippen LogP contribution >= 0.6 is 0 Å². The molecule has 1 aromatic rings. The van der Waals surface area contributed by atoms with Gasteiger partial charge in [-0.05, 0) is 25.2 Å². The number of nitrogens with two attached hydrogens (primary N) is 1. The van der Waals surface area contributed by atoms with Crippen LogP contribution in [-0.2, 0) is 22.6 Å². The van der Waals surface area contributed by atoms with Gasteiger partial charge < -0.3 is 20.7 Å². The van der Waals surface area contributed by atoms with Crippen LogP contribution < -0.4 is 27.2 Å². The molecule has 30 heavy (non-hydrogen) atoms. The van der Waals surface area contributed by atoms with Crippen LogP contribution in [-0.4, -0.2) is 47.4 Å². The summed E-state index contributed by atoms with van der Waals surface area (Å²) in [6, 6.07) is 0.0942. The van der Waals surface area contributed by atoms with Crippen LogP contribution in [0.5, 0.6) is 0 Å². The first kappa shape index (κ1) is 22.4. The number of morpholine rings is 1. The molecule has 2 aliphatic rings. The van der Waals surface area contributed by atoms with Gasteiger partial charge in [-0.2, -0.15) is 0 Å². The molecule has 9 nitrogen and oxygen atoms in total. The highest BCUT2D eigenvalue weighted by Gasteiger charge is 2.26. The molecule has 3 N–H and O–H groups in total. The Bertz CT molecular complexity index is 856. The van der Waals surface area contributed by atoms with E-state index >= 15 is 0 Å². The SMILES string of the molecule is CCCCn1c(N)c(N2CCOCC2)c(=O)n(CC(=O)N[C@@H]2CCCC[C@@H]2C)c1=O. The van der Waals surface area contributed by atoms with E-state index in [0.29, 0.717) is 44.5 Å². The standard InChI is InChI=1S/C21H35N5O4/c1-3-4-9-25-19(22)18(24-10-12-30-13-11-24)20(28)26(21(25)29)14-17(27)23-16-8-6-5-7-15(16)2/h15-16H,3-14,22H2,1-2H3,(H,23,27)/t15-,16+/m0/s1. The number of carbonyl (C=O) groups excluding carboxylic acids is 1. The lowest BCUT2D eigenvalue weighted by molar-refractivity contribution is -0.123. The average Bonchev–Trinajstić information content (AvgIpc) is 2.74.